The van der Waals surface area contributed by atoms with Crippen LogP contribution >= 0.6 is 11.3 Å². The second-order valence-corrected chi connectivity index (χ2v) is 10.4. The van der Waals surface area contributed by atoms with E-state index in [1.165, 1.54) is 35.6 Å². The predicted molar refractivity (Wildman–Crippen MR) is 144 cm³/mol. The lowest BCUT2D eigenvalue weighted by Crippen LogP contribution is -2.27. The van der Waals surface area contributed by atoms with E-state index in [9.17, 15) is 22.8 Å². The van der Waals surface area contributed by atoms with E-state index in [1.54, 1.807) is 63.2 Å². The number of amides is 2. The summed E-state index contributed by atoms with van der Waals surface area (Å²) < 4.78 is 46.9. The first-order valence-corrected chi connectivity index (χ1v) is 12.6. The topological polar surface area (TPSA) is 102 Å². The molecular formula is C27H25F3N4O4S. The number of aromatic nitrogens is 1. The van der Waals surface area contributed by atoms with Gasteiger partial charge in [0.25, 0.3) is 5.91 Å². The maximum absolute atomic E-state index is 13.0. The average molecular weight is 559 g/mol. The number of para-hydroxylation sites is 2. The van der Waals surface area contributed by atoms with E-state index in [-0.39, 0.29) is 11.7 Å². The molecule has 0 saturated carbocycles. The van der Waals surface area contributed by atoms with E-state index in [1.807, 2.05) is 0 Å². The van der Waals surface area contributed by atoms with Gasteiger partial charge in [-0.15, -0.1) is 13.2 Å². The first-order valence-electron chi connectivity index (χ1n) is 11.7. The Morgan fingerprint density at radius 1 is 0.923 bits per heavy atom. The molecule has 0 fully saturated rings. The maximum atomic E-state index is 13.0. The van der Waals surface area contributed by atoms with Crippen LogP contribution in [0.15, 0.2) is 66.7 Å². The molecule has 39 heavy (non-hydrogen) atoms. The number of rotatable bonds is 7. The minimum Gasteiger partial charge on any atom is -0.444 e. The molecule has 0 aliphatic heterocycles. The summed E-state index contributed by atoms with van der Waals surface area (Å²) in [5.41, 5.74) is 1.94. The lowest BCUT2D eigenvalue weighted by atomic mass is 10.2. The van der Waals surface area contributed by atoms with Crippen LogP contribution in [0.3, 0.4) is 0 Å². The smallest absolute Gasteiger partial charge is 0.444 e. The number of nitrogens with zero attached hydrogens (tertiary/aromatic N) is 1. The highest BCUT2D eigenvalue weighted by Gasteiger charge is 2.31. The van der Waals surface area contributed by atoms with Crippen molar-refractivity contribution in [1.29, 1.82) is 0 Å². The highest BCUT2D eigenvalue weighted by atomic mass is 32.1. The molecule has 3 N–H and O–H groups in total. The molecule has 0 saturated heterocycles. The maximum Gasteiger partial charge on any atom is 0.573 e. The number of hydrogen-bond donors (Lipinski definition) is 3. The molecule has 2 amide bonds. The van der Waals surface area contributed by atoms with Crippen molar-refractivity contribution in [2.75, 3.05) is 16.0 Å². The molecule has 0 radical (unpaired) electrons. The van der Waals surface area contributed by atoms with E-state index in [2.05, 4.69) is 25.7 Å². The van der Waals surface area contributed by atoms with Gasteiger partial charge in [0.2, 0.25) is 0 Å². The fraction of sp³-hybridized carbons (Fsp3) is 0.222. The van der Waals surface area contributed by atoms with Gasteiger partial charge in [-0.05, 0) is 68.8 Å². The van der Waals surface area contributed by atoms with Gasteiger partial charge in [-0.25, -0.2) is 9.78 Å². The number of thiazole rings is 1. The van der Waals surface area contributed by atoms with Crippen LogP contribution in [-0.4, -0.2) is 28.9 Å². The molecule has 0 atom stereocenters. The zero-order valence-electron chi connectivity index (χ0n) is 21.2. The van der Waals surface area contributed by atoms with Crippen LogP contribution in [0.25, 0.3) is 10.2 Å². The lowest BCUT2D eigenvalue weighted by molar-refractivity contribution is -0.274. The van der Waals surface area contributed by atoms with Crippen LogP contribution in [0.4, 0.5) is 34.5 Å². The number of ether oxygens (including phenoxy) is 2. The third kappa shape index (κ3) is 8.08. The normalized spacial score (nSPS) is 11.6. The Kier molecular flexibility index (Phi) is 7.95. The fourth-order valence-electron chi connectivity index (χ4n) is 3.44. The molecule has 0 aliphatic carbocycles. The zero-order valence-corrected chi connectivity index (χ0v) is 22.0. The second kappa shape index (κ2) is 11.2. The Morgan fingerprint density at radius 2 is 1.59 bits per heavy atom. The van der Waals surface area contributed by atoms with Crippen molar-refractivity contribution in [3.05, 3.63) is 77.9 Å². The lowest BCUT2D eigenvalue weighted by Gasteiger charge is -2.20. The molecule has 8 nitrogen and oxygen atoms in total. The van der Waals surface area contributed by atoms with Gasteiger partial charge in [0.15, 0.2) is 5.13 Å². The van der Waals surface area contributed by atoms with E-state index < -0.39 is 18.1 Å². The van der Waals surface area contributed by atoms with E-state index in [0.29, 0.717) is 34.1 Å². The third-order valence-corrected chi connectivity index (χ3v) is 6.04. The highest BCUT2D eigenvalue weighted by Crippen LogP contribution is 2.29. The van der Waals surface area contributed by atoms with E-state index >= 15 is 0 Å². The van der Waals surface area contributed by atoms with Crippen molar-refractivity contribution >= 4 is 50.1 Å². The summed E-state index contributed by atoms with van der Waals surface area (Å²) in [5.74, 6) is -0.667. The summed E-state index contributed by atoms with van der Waals surface area (Å²) in [6.45, 7) is 5.60. The fourth-order valence-corrected chi connectivity index (χ4v) is 4.34. The molecular weight excluding hydrogens is 533 g/mol. The summed E-state index contributed by atoms with van der Waals surface area (Å²) in [7, 11) is 0. The number of nitrogens with one attached hydrogen (secondary N) is 3. The number of alkyl halides is 3. The molecule has 3 aromatic carbocycles. The highest BCUT2D eigenvalue weighted by molar-refractivity contribution is 7.22. The monoisotopic (exact) mass is 558 g/mol. The zero-order chi connectivity index (χ0) is 28.2. The van der Waals surface area contributed by atoms with Crippen LogP contribution in [0.1, 0.15) is 36.7 Å². The minimum atomic E-state index is -4.74. The number of benzene rings is 3. The van der Waals surface area contributed by atoms with Crippen molar-refractivity contribution in [2.24, 2.45) is 0 Å². The van der Waals surface area contributed by atoms with Gasteiger partial charge >= 0.3 is 12.5 Å². The SMILES string of the molecule is CC(C)(C)OC(=O)Nc1ccccc1NC(=O)c1ccc2nc(NCc3ccc(OC(F)(F)F)cc3)sc2c1. The summed E-state index contributed by atoms with van der Waals surface area (Å²) in [5, 5.41) is 9.19. The van der Waals surface area contributed by atoms with Crippen LogP contribution < -0.4 is 20.7 Å². The van der Waals surface area contributed by atoms with Crippen LogP contribution in [0.5, 0.6) is 5.75 Å². The molecule has 12 heteroatoms. The van der Waals surface area contributed by atoms with Gasteiger partial charge in [0, 0.05) is 12.1 Å². The van der Waals surface area contributed by atoms with Gasteiger partial charge in [-0.1, -0.05) is 35.6 Å². The molecule has 0 bridgehead atoms. The number of anilines is 3. The number of fused-ring (bicyclic) bond motifs is 1. The summed E-state index contributed by atoms with van der Waals surface area (Å²) in [4.78, 5) is 29.7. The van der Waals surface area contributed by atoms with Gasteiger partial charge < -0.3 is 20.1 Å². The predicted octanol–water partition coefficient (Wildman–Crippen LogP) is 7.41. The number of hydrogen-bond acceptors (Lipinski definition) is 7. The molecule has 4 aromatic rings. The average Bonchev–Trinajstić information content (AvgIpc) is 3.25. The second-order valence-electron chi connectivity index (χ2n) is 9.37. The standard InChI is InChI=1S/C27H25F3N4O4S/c1-26(2,3)38-25(36)34-20-7-5-4-6-19(20)32-23(35)17-10-13-21-22(14-17)39-24(33-21)31-15-16-8-11-18(12-9-16)37-27(28,29)30/h4-14H,15H2,1-3H3,(H,31,33)(H,32,35)(H,34,36). The number of halogens is 3. The Hall–Kier alpha value is -4.32. The largest absolute Gasteiger partial charge is 0.573 e. The van der Waals surface area contributed by atoms with E-state index in [4.69, 9.17) is 4.74 Å². The Labute approximate surface area is 226 Å². The molecule has 204 valence electrons. The van der Waals surface area contributed by atoms with Gasteiger partial charge in [-0.2, -0.15) is 0 Å². The number of carbonyl (C=O) groups is 2. The van der Waals surface area contributed by atoms with Crippen molar-refractivity contribution in [1.82, 2.24) is 4.98 Å². The summed E-state index contributed by atoms with van der Waals surface area (Å²) >= 11 is 1.33. The van der Waals surface area contributed by atoms with Crippen molar-refractivity contribution in [2.45, 2.75) is 39.3 Å². The van der Waals surface area contributed by atoms with Crippen molar-refractivity contribution in [3.8, 4) is 5.75 Å². The van der Waals surface area contributed by atoms with Crippen molar-refractivity contribution in [3.63, 3.8) is 0 Å². The molecule has 0 spiro atoms. The van der Waals surface area contributed by atoms with Gasteiger partial charge in [0.05, 0.1) is 21.6 Å². The molecule has 0 aliphatic rings. The minimum absolute atomic E-state index is 0.291. The van der Waals surface area contributed by atoms with Gasteiger partial charge in [0.1, 0.15) is 11.4 Å². The first-order chi connectivity index (χ1) is 18.3. The molecule has 1 aromatic heterocycles. The van der Waals surface area contributed by atoms with Crippen LogP contribution in [0, 0.1) is 0 Å². The first kappa shape index (κ1) is 27.7. The number of carbonyl (C=O) groups excluding carboxylic acids is 2. The Bertz CT molecular complexity index is 1480. The van der Waals surface area contributed by atoms with Gasteiger partial charge in [-0.3, -0.25) is 10.1 Å². The van der Waals surface area contributed by atoms with E-state index in [0.717, 1.165) is 10.3 Å². The molecule has 1 heterocycles. The summed E-state index contributed by atoms with van der Waals surface area (Å²) in [6, 6.07) is 17.4. The van der Waals surface area contributed by atoms with Crippen LogP contribution in [0.2, 0.25) is 0 Å². The van der Waals surface area contributed by atoms with Crippen molar-refractivity contribution < 1.29 is 32.2 Å². The quantitative estimate of drug-likeness (QED) is 0.218. The van der Waals surface area contributed by atoms with Crippen LogP contribution in [-0.2, 0) is 11.3 Å². The Balaban J connectivity index is 1.40. The summed E-state index contributed by atoms with van der Waals surface area (Å²) in [6.07, 6.45) is -5.38. The molecule has 4 rings (SSSR count). The Morgan fingerprint density at radius 3 is 2.23 bits per heavy atom. The molecule has 0 unspecified atom stereocenters. The third-order valence-electron chi connectivity index (χ3n) is 5.06.